The van der Waals surface area contributed by atoms with Gasteiger partial charge >= 0.3 is 0 Å². The van der Waals surface area contributed by atoms with Gasteiger partial charge in [-0.05, 0) is 74.8 Å². The predicted octanol–water partition coefficient (Wildman–Crippen LogP) is 10.1. The summed E-state index contributed by atoms with van der Waals surface area (Å²) in [6.45, 7) is 19.5. The Hall–Kier alpha value is -4.48. The predicted molar refractivity (Wildman–Crippen MR) is 194 cm³/mol. The average Bonchev–Trinajstić information content (AvgIpc) is 3.53. The van der Waals surface area contributed by atoms with E-state index in [0.29, 0.717) is 22.9 Å². The van der Waals surface area contributed by atoms with Crippen LogP contribution in [-0.2, 0) is 37.3 Å². The summed E-state index contributed by atoms with van der Waals surface area (Å²) in [6.07, 6.45) is 1.78. The fraction of sp³-hybridized carbons (Fsp3) is 0.293. The van der Waals surface area contributed by atoms with E-state index >= 15 is 0 Å². The number of hydrogen-bond acceptors (Lipinski definition) is 5. The van der Waals surface area contributed by atoms with Crippen LogP contribution in [-0.4, -0.2) is 29.0 Å². The minimum absolute atomic E-state index is 0. The summed E-state index contributed by atoms with van der Waals surface area (Å²) in [4.78, 5) is 14.6. The molecule has 8 heteroatoms. The molecule has 0 amide bonds. The van der Waals surface area contributed by atoms with E-state index in [2.05, 4.69) is 102 Å². The first kappa shape index (κ1) is 34.4. The molecule has 0 fully saturated rings. The van der Waals surface area contributed by atoms with Crippen LogP contribution in [0.3, 0.4) is 0 Å². The quantitative estimate of drug-likeness (QED) is 0.179. The number of aromatic hydroxyl groups is 1. The number of fused-ring (bicyclic) bond motifs is 5. The SMILES string of the molecule is CC(C)(C)c1cc(-c2cccc(Oc3[c-]c4c(cc3)n3c5cc(C(C)(C)C)ccc5nc3n4-c3ccccn3)n2)c(O)c(C(C)(C)C)c1.[Pt]. The number of ether oxygens (including phenoxy) is 1. The molecule has 1 N–H and O–H groups in total. The molecule has 0 saturated carbocycles. The van der Waals surface area contributed by atoms with Crippen molar-refractivity contribution in [1.82, 2.24) is 23.9 Å². The molecule has 0 spiro atoms. The molecule has 0 unspecified atom stereocenters. The molecule has 4 heterocycles. The van der Waals surface area contributed by atoms with Gasteiger partial charge in [-0.15, -0.1) is 18.2 Å². The first-order valence-electron chi connectivity index (χ1n) is 16.4. The Kier molecular flexibility index (Phi) is 8.52. The second-order valence-corrected chi connectivity index (χ2v) is 15.7. The van der Waals surface area contributed by atoms with E-state index in [1.165, 1.54) is 5.56 Å². The Bertz CT molecular complexity index is 2340. The normalized spacial score (nSPS) is 12.5. The van der Waals surface area contributed by atoms with Crippen molar-refractivity contribution in [3.63, 3.8) is 0 Å². The van der Waals surface area contributed by atoms with Crippen LogP contribution in [0, 0.1) is 6.07 Å². The number of phenolic OH excluding ortho intramolecular Hbond substituents is 1. The maximum absolute atomic E-state index is 11.5. The Morgan fingerprint density at radius 2 is 1.47 bits per heavy atom. The van der Waals surface area contributed by atoms with Crippen LogP contribution >= 0.6 is 0 Å². The number of hydrogen-bond donors (Lipinski definition) is 1. The zero-order valence-electron chi connectivity index (χ0n) is 29.5. The molecule has 0 aliphatic rings. The third kappa shape index (κ3) is 6.25. The van der Waals surface area contributed by atoms with Gasteiger partial charge in [-0.2, -0.15) is 0 Å². The van der Waals surface area contributed by atoms with Gasteiger partial charge in [-0.25, -0.2) is 15.0 Å². The molecule has 7 nitrogen and oxygen atoms in total. The summed E-state index contributed by atoms with van der Waals surface area (Å²) in [5, 5.41) is 11.5. The Labute approximate surface area is 302 Å². The van der Waals surface area contributed by atoms with Gasteiger partial charge in [-0.3, -0.25) is 4.57 Å². The fourth-order valence-electron chi connectivity index (χ4n) is 6.15. The van der Waals surface area contributed by atoms with Crippen LogP contribution in [0.1, 0.15) is 79.0 Å². The minimum atomic E-state index is -0.249. The van der Waals surface area contributed by atoms with Gasteiger partial charge in [0.15, 0.2) is 0 Å². The molecule has 0 saturated heterocycles. The summed E-state index contributed by atoms with van der Waals surface area (Å²) in [5.41, 5.74) is 7.89. The Morgan fingerprint density at radius 3 is 2.14 bits per heavy atom. The smallest absolute Gasteiger partial charge is 0.217 e. The maximum atomic E-state index is 11.5. The van der Waals surface area contributed by atoms with Gasteiger partial charge in [0.25, 0.3) is 0 Å². The minimum Gasteiger partial charge on any atom is -0.507 e. The fourth-order valence-corrected chi connectivity index (χ4v) is 6.15. The van der Waals surface area contributed by atoms with Gasteiger partial charge in [0.05, 0.1) is 16.7 Å². The third-order valence-electron chi connectivity index (χ3n) is 8.92. The van der Waals surface area contributed by atoms with Crippen LogP contribution in [0.2, 0.25) is 0 Å². The zero-order chi connectivity index (χ0) is 34.2. The van der Waals surface area contributed by atoms with E-state index in [1.807, 2.05) is 59.2 Å². The van der Waals surface area contributed by atoms with Crippen molar-refractivity contribution >= 4 is 27.8 Å². The summed E-state index contributed by atoms with van der Waals surface area (Å²) in [7, 11) is 0. The molecule has 254 valence electrons. The molecule has 0 atom stereocenters. The molecule has 0 bridgehead atoms. The second-order valence-electron chi connectivity index (χ2n) is 15.7. The summed E-state index contributed by atoms with van der Waals surface area (Å²) < 4.78 is 10.6. The van der Waals surface area contributed by atoms with Gasteiger partial charge in [0.1, 0.15) is 11.6 Å². The van der Waals surface area contributed by atoms with Crippen molar-refractivity contribution in [3.05, 3.63) is 108 Å². The van der Waals surface area contributed by atoms with E-state index < -0.39 is 0 Å². The number of imidazole rings is 2. The van der Waals surface area contributed by atoms with Crippen molar-refractivity contribution in [2.24, 2.45) is 0 Å². The van der Waals surface area contributed by atoms with Crippen molar-refractivity contribution in [1.29, 1.82) is 0 Å². The van der Waals surface area contributed by atoms with Crippen molar-refractivity contribution < 1.29 is 30.9 Å². The van der Waals surface area contributed by atoms with Crippen LogP contribution in [0.5, 0.6) is 17.4 Å². The van der Waals surface area contributed by atoms with E-state index in [0.717, 1.165) is 44.8 Å². The molecule has 49 heavy (non-hydrogen) atoms. The Morgan fingerprint density at radius 1 is 0.714 bits per heavy atom. The largest absolute Gasteiger partial charge is 0.507 e. The molecular weight excluding hydrogens is 790 g/mol. The standard InChI is InChI=1S/C41H42N5O2.Pt/c1-39(2,3)25-16-18-31-33(23-25)45-32-19-17-27(24-34(32)46(38(45)44-31)35-14-10-11-20-42-35)48-36-15-12-13-30(43-36)28-21-26(40(4,5)6)22-29(37(28)47)41(7,8)9;/h10-23,47H,1-9H3;/q-1;. The van der Waals surface area contributed by atoms with Crippen LogP contribution in [0.4, 0.5) is 0 Å². The zero-order valence-corrected chi connectivity index (χ0v) is 31.8. The first-order chi connectivity index (χ1) is 22.6. The van der Waals surface area contributed by atoms with E-state index in [4.69, 9.17) is 14.7 Å². The molecule has 7 rings (SSSR count). The van der Waals surface area contributed by atoms with Crippen molar-refractivity contribution in [3.8, 4) is 34.5 Å². The molecule has 4 aromatic heterocycles. The molecular formula is C41H42N5O2Pt-. The molecule has 0 radical (unpaired) electrons. The van der Waals surface area contributed by atoms with Gasteiger partial charge in [0, 0.05) is 50.2 Å². The molecule has 7 aromatic rings. The first-order valence-corrected chi connectivity index (χ1v) is 16.4. The summed E-state index contributed by atoms with van der Waals surface area (Å²) in [5.74, 6) is 2.64. The van der Waals surface area contributed by atoms with E-state index in [1.54, 1.807) is 6.20 Å². The van der Waals surface area contributed by atoms with Crippen LogP contribution in [0.25, 0.3) is 44.9 Å². The number of phenols is 1. The number of benzene rings is 3. The summed E-state index contributed by atoms with van der Waals surface area (Å²) >= 11 is 0. The van der Waals surface area contributed by atoms with E-state index in [-0.39, 0.29) is 43.1 Å². The number of pyridine rings is 2. The van der Waals surface area contributed by atoms with Crippen molar-refractivity contribution in [2.75, 3.05) is 0 Å². The second kappa shape index (κ2) is 12.1. The third-order valence-corrected chi connectivity index (χ3v) is 8.92. The monoisotopic (exact) mass is 831 g/mol. The average molecular weight is 832 g/mol. The van der Waals surface area contributed by atoms with Gasteiger partial charge < -0.3 is 14.2 Å². The van der Waals surface area contributed by atoms with Crippen molar-refractivity contribution in [2.45, 2.75) is 78.6 Å². The van der Waals surface area contributed by atoms with Crippen LogP contribution < -0.4 is 4.74 Å². The molecule has 0 aliphatic heterocycles. The van der Waals surface area contributed by atoms with Gasteiger partial charge in [0.2, 0.25) is 11.7 Å². The van der Waals surface area contributed by atoms with Gasteiger partial charge in [-0.1, -0.05) is 86.6 Å². The number of rotatable bonds is 4. The summed E-state index contributed by atoms with van der Waals surface area (Å²) in [6, 6.07) is 29.6. The Balaban J connectivity index is 0.00000417. The van der Waals surface area contributed by atoms with E-state index in [9.17, 15) is 5.11 Å². The van der Waals surface area contributed by atoms with Crippen LogP contribution in [0.15, 0.2) is 85.1 Å². The molecule has 0 aliphatic carbocycles. The topological polar surface area (TPSA) is 77.5 Å². The number of nitrogens with zero attached hydrogens (tertiary/aromatic N) is 5. The maximum Gasteiger partial charge on any atom is 0.217 e. The number of aromatic nitrogens is 5. The molecule has 3 aromatic carbocycles.